The van der Waals surface area contributed by atoms with Gasteiger partial charge < -0.3 is 16.2 Å². The highest BCUT2D eigenvalue weighted by Gasteiger charge is 2.26. The molecule has 0 aliphatic carbocycles. The van der Waals surface area contributed by atoms with Crippen LogP contribution in [0.2, 0.25) is 0 Å². The van der Waals surface area contributed by atoms with Crippen molar-refractivity contribution in [3.8, 4) is 0 Å². The maximum atomic E-state index is 11.1. The maximum Gasteiger partial charge on any atom is 0.299 e. The molecule has 0 aliphatic heterocycles. The fourth-order valence-electron chi connectivity index (χ4n) is 1.41. The summed E-state index contributed by atoms with van der Waals surface area (Å²) < 4.78 is 0. The number of nitrogens with two attached hydrogens (primary N) is 1. The van der Waals surface area contributed by atoms with Gasteiger partial charge in [-0.2, -0.15) is 0 Å². The molecule has 0 atom stereocenters. The SMILES string of the molecule is NC(=O)c1cc(NCCO)c([N+](=O)[O-])cc1[N+](=O)[O-]. The van der Waals surface area contributed by atoms with Crippen LogP contribution in [-0.4, -0.2) is 34.0 Å². The van der Waals surface area contributed by atoms with Crippen molar-refractivity contribution in [3.05, 3.63) is 37.9 Å². The Morgan fingerprint density at radius 3 is 2.26 bits per heavy atom. The Balaban J connectivity index is 3.45. The molecule has 0 radical (unpaired) electrons. The molecule has 102 valence electrons. The predicted octanol–water partition coefficient (Wildman–Crippen LogP) is 0.00610. The standard InChI is InChI=1S/C9H10N4O6/c10-9(15)5-3-6(11-1-2-14)8(13(18)19)4-7(5)12(16)17/h3-4,11,14H,1-2H2,(H2,10,15). The van der Waals surface area contributed by atoms with E-state index in [1.807, 2.05) is 0 Å². The minimum Gasteiger partial charge on any atom is -0.395 e. The van der Waals surface area contributed by atoms with Crippen molar-refractivity contribution in [1.29, 1.82) is 0 Å². The van der Waals surface area contributed by atoms with Gasteiger partial charge in [-0.3, -0.25) is 25.0 Å². The first-order valence-corrected chi connectivity index (χ1v) is 4.99. The number of anilines is 1. The second-order valence-electron chi connectivity index (χ2n) is 3.42. The number of benzene rings is 1. The van der Waals surface area contributed by atoms with E-state index in [2.05, 4.69) is 5.32 Å². The van der Waals surface area contributed by atoms with Crippen LogP contribution in [0.5, 0.6) is 0 Å². The van der Waals surface area contributed by atoms with Crippen LogP contribution in [-0.2, 0) is 0 Å². The Morgan fingerprint density at radius 1 is 1.26 bits per heavy atom. The number of hydrogen-bond donors (Lipinski definition) is 3. The van der Waals surface area contributed by atoms with Crippen LogP contribution >= 0.6 is 0 Å². The number of nitro benzene ring substituents is 2. The molecule has 1 aromatic carbocycles. The molecule has 0 aliphatic rings. The average molecular weight is 270 g/mol. The first-order valence-electron chi connectivity index (χ1n) is 4.99. The molecule has 1 amide bonds. The van der Waals surface area contributed by atoms with Gasteiger partial charge >= 0.3 is 0 Å². The molecular formula is C9H10N4O6. The monoisotopic (exact) mass is 270 g/mol. The third-order valence-corrected chi connectivity index (χ3v) is 2.20. The summed E-state index contributed by atoms with van der Waals surface area (Å²) in [5.74, 6) is -1.08. The zero-order valence-corrected chi connectivity index (χ0v) is 9.53. The first kappa shape index (κ1) is 14.3. The number of aliphatic hydroxyl groups excluding tert-OH is 1. The van der Waals surface area contributed by atoms with Gasteiger partial charge in [-0.15, -0.1) is 0 Å². The van der Waals surface area contributed by atoms with Crippen molar-refractivity contribution in [3.63, 3.8) is 0 Å². The van der Waals surface area contributed by atoms with Gasteiger partial charge in [0.2, 0.25) is 0 Å². The molecule has 1 rings (SSSR count). The number of aliphatic hydroxyl groups is 1. The molecular weight excluding hydrogens is 260 g/mol. The van der Waals surface area contributed by atoms with E-state index in [0.29, 0.717) is 6.07 Å². The van der Waals surface area contributed by atoms with E-state index < -0.39 is 32.7 Å². The molecule has 0 saturated carbocycles. The van der Waals surface area contributed by atoms with Crippen LogP contribution in [0.3, 0.4) is 0 Å². The zero-order chi connectivity index (χ0) is 14.6. The lowest BCUT2D eigenvalue weighted by Crippen LogP contribution is -2.15. The lowest BCUT2D eigenvalue weighted by atomic mass is 10.1. The molecule has 10 heteroatoms. The molecule has 1 aromatic rings. The molecule has 19 heavy (non-hydrogen) atoms. The summed E-state index contributed by atoms with van der Waals surface area (Å²) in [7, 11) is 0. The van der Waals surface area contributed by atoms with Crippen LogP contribution in [0.1, 0.15) is 10.4 Å². The fraction of sp³-hybridized carbons (Fsp3) is 0.222. The van der Waals surface area contributed by atoms with Gasteiger partial charge in [-0.1, -0.05) is 0 Å². The molecule has 0 unspecified atom stereocenters. The van der Waals surface area contributed by atoms with Crippen LogP contribution in [0.25, 0.3) is 0 Å². The number of carbonyl (C=O) groups excluding carboxylic acids is 1. The average Bonchev–Trinajstić information content (AvgIpc) is 2.34. The quantitative estimate of drug-likeness (QED) is 0.484. The molecule has 0 fully saturated rings. The van der Waals surface area contributed by atoms with Gasteiger partial charge in [-0.25, -0.2) is 0 Å². The van der Waals surface area contributed by atoms with E-state index in [9.17, 15) is 25.0 Å². The summed E-state index contributed by atoms with van der Waals surface area (Å²) in [6.07, 6.45) is 0. The van der Waals surface area contributed by atoms with Crippen LogP contribution < -0.4 is 11.1 Å². The number of amides is 1. The van der Waals surface area contributed by atoms with Crippen molar-refractivity contribution in [2.24, 2.45) is 5.73 Å². The normalized spacial score (nSPS) is 9.95. The predicted molar refractivity (Wildman–Crippen MR) is 63.8 cm³/mol. The van der Waals surface area contributed by atoms with E-state index in [1.165, 1.54) is 0 Å². The smallest absolute Gasteiger partial charge is 0.299 e. The van der Waals surface area contributed by atoms with Crippen molar-refractivity contribution in [2.45, 2.75) is 0 Å². The second-order valence-corrected chi connectivity index (χ2v) is 3.42. The number of rotatable bonds is 6. The Labute approximate surface area is 106 Å². The molecule has 0 heterocycles. The highest BCUT2D eigenvalue weighted by molar-refractivity contribution is 5.99. The van der Waals surface area contributed by atoms with Crippen molar-refractivity contribution in [2.75, 3.05) is 18.5 Å². The van der Waals surface area contributed by atoms with E-state index >= 15 is 0 Å². The number of nitrogens with one attached hydrogen (secondary N) is 1. The second kappa shape index (κ2) is 5.73. The van der Waals surface area contributed by atoms with Gasteiger partial charge in [0.15, 0.2) is 0 Å². The molecule has 0 aromatic heterocycles. The summed E-state index contributed by atoms with van der Waals surface area (Å²) >= 11 is 0. The van der Waals surface area contributed by atoms with Gasteiger partial charge in [-0.05, 0) is 6.07 Å². The summed E-state index contributed by atoms with van der Waals surface area (Å²) in [4.78, 5) is 30.9. The fourth-order valence-corrected chi connectivity index (χ4v) is 1.41. The van der Waals surface area contributed by atoms with Gasteiger partial charge in [0.25, 0.3) is 17.3 Å². The Kier molecular flexibility index (Phi) is 4.32. The van der Waals surface area contributed by atoms with E-state index in [4.69, 9.17) is 10.8 Å². The van der Waals surface area contributed by atoms with Crippen molar-refractivity contribution in [1.82, 2.24) is 0 Å². The Hall–Kier alpha value is -2.75. The maximum absolute atomic E-state index is 11.1. The van der Waals surface area contributed by atoms with E-state index in [1.54, 1.807) is 0 Å². The number of hydrogen-bond acceptors (Lipinski definition) is 7. The third kappa shape index (κ3) is 3.13. The summed E-state index contributed by atoms with van der Waals surface area (Å²) in [5.41, 5.74) is 3.09. The van der Waals surface area contributed by atoms with E-state index in [0.717, 1.165) is 6.07 Å². The lowest BCUT2D eigenvalue weighted by Gasteiger charge is -2.07. The number of nitro groups is 2. The lowest BCUT2D eigenvalue weighted by molar-refractivity contribution is -0.393. The topological polar surface area (TPSA) is 162 Å². The highest BCUT2D eigenvalue weighted by Crippen LogP contribution is 2.32. The molecule has 0 saturated heterocycles. The number of carbonyl (C=O) groups is 1. The van der Waals surface area contributed by atoms with Crippen LogP contribution in [0.4, 0.5) is 17.1 Å². The van der Waals surface area contributed by atoms with Crippen LogP contribution in [0, 0.1) is 20.2 Å². The molecule has 10 nitrogen and oxygen atoms in total. The van der Waals surface area contributed by atoms with Crippen molar-refractivity contribution >= 4 is 23.0 Å². The Bertz CT molecular complexity index is 544. The van der Waals surface area contributed by atoms with Gasteiger partial charge in [0.1, 0.15) is 11.3 Å². The molecule has 4 N–H and O–H groups in total. The number of nitrogens with zero attached hydrogens (tertiary/aromatic N) is 2. The summed E-state index contributed by atoms with van der Waals surface area (Å²) in [5, 5.41) is 32.7. The summed E-state index contributed by atoms with van der Waals surface area (Å²) in [6.45, 7) is -0.323. The van der Waals surface area contributed by atoms with Crippen molar-refractivity contribution < 1.29 is 19.7 Å². The molecule has 0 bridgehead atoms. The minimum absolute atomic E-state index is 0.0170. The highest BCUT2D eigenvalue weighted by atomic mass is 16.6. The van der Waals surface area contributed by atoms with Crippen LogP contribution in [0.15, 0.2) is 12.1 Å². The third-order valence-electron chi connectivity index (χ3n) is 2.20. The zero-order valence-electron chi connectivity index (χ0n) is 9.53. The Morgan fingerprint density at radius 2 is 1.84 bits per heavy atom. The largest absolute Gasteiger partial charge is 0.395 e. The minimum atomic E-state index is -1.08. The summed E-state index contributed by atoms with van der Waals surface area (Å²) in [6, 6.07) is 1.58. The first-order chi connectivity index (χ1) is 8.88. The van der Waals surface area contributed by atoms with E-state index in [-0.39, 0.29) is 18.8 Å². The molecule has 0 spiro atoms. The number of primary amides is 1. The van der Waals surface area contributed by atoms with Gasteiger partial charge in [0.05, 0.1) is 22.5 Å². The van der Waals surface area contributed by atoms with Gasteiger partial charge in [0, 0.05) is 6.54 Å².